The molecule has 0 unspecified atom stereocenters. The minimum Gasteiger partial charge on any atom is -1.00 e. The minimum atomic E-state index is 0. The molecule has 0 saturated heterocycles. The first kappa shape index (κ1) is 334. The van der Waals surface area contributed by atoms with Crippen LogP contribution in [0.4, 0.5) is 0 Å². The normalized spacial score (nSPS) is 0.667. The summed E-state index contributed by atoms with van der Waals surface area (Å²) in [6.07, 6.45) is 0. The Morgan fingerprint density at radius 2 is 0.667 bits per heavy atom. The fourth-order valence-electron chi connectivity index (χ4n) is 0. The van der Waals surface area contributed by atoms with E-state index in [-0.39, 0.29) is 22.5 Å². The summed E-state index contributed by atoms with van der Waals surface area (Å²) in [5.41, 5.74) is 0. The van der Waals surface area contributed by atoms with Gasteiger partial charge in [-0.05, 0) is 0 Å². The maximum Gasteiger partial charge on any atom is 3.00 e. The van der Waals surface area contributed by atoms with Crippen LogP contribution in [-0.2, 0) is 0 Å². The maximum absolute atomic E-state index is 3.00. The molecule has 0 aliphatic carbocycles. The van der Waals surface area contributed by atoms with Crippen LogP contribution in [0.3, 0.4) is 0 Å². The molecule has 4 heteroatoms. The van der Waals surface area contributed by atoms with Crippen molar-refractivity contribution in [2.75, 3.05) is 0 Å². The summed E-state index contributed by atoms with van der Waals surface area (Å²) in [6.45, 7) is 6.00. The minimum absolute atomic E-state index is 0. The van der Waals surface area contributed by atoms with Crippen molar-refractivity contribution in [1.29, 1.82) is 0 Å². The molecule has 0 aromatic heterocycles. The Kier molecular flexibility index (Phi) is 20100. The molecule has 0 bridgehead atoms. The van der Waals surface area contributed by atoms with Crippen molar-refractivity contribution in [2.24, 2.45) is 0 Å². The fourth-order valence-corrected chi connectivity index (χ4v) is 0. The number of rotatable bonds is 0. The second-order valence-electron chi connectivity index (χ2n) is 0. The fraction of sp³-hybridized carbons (Fsp3) is 0. The zero-order chi connectivity index (χ0) is 2.00. The molecule has 36 valence electrons. The van der Waals surface area contributed by atoms with E-state index in [0.29, 0.717) is 0 Å². The van der Waals surface area contributed by atoms with Crippen molar-refractivity contribution in [3.05, 3.63) is 13.2 Å². The Bertz CT molecular complexity index is 8.75. The Morgan fingerprint density at radius 3 is 0.667 bits per heavy atom. The van der Waals surface area contributed by atoms with Gasteiger partial charge in [0.2, 0.25) is 0 Å². The first-order chi connectivity index (χ1) is 1.00. The van der Waals surface area contributed by atoms with E-state index in [1.165, 1.54) is 0 Å². The molecular weight excluding hydrogens is 91.8 g/mol. The van der Waals surface area contributed by atoms with Crippen LogP contribution in [0.25, 0.3) is 0 Å². The first-order valence-corrected chi connectivity index (χ1v) is 0.500. The van der Waals surface area contributed by atoms with E-state index < -0.39 is 0 Å². The van der Waals surface area contributed by atoms with Crippen LogP contribution in [0.5, 0.6) is 0 Å². The predicted octanol–water partition coefficient (Wildman–Crippen LogP) is -8.57. The van der Waals surface area contributed by atoms with Gasteiger partial charge in [0, 0.05) is 0 Å². The predicted molar refractivity (Wildman–Crippen MR) is 17.0 cm³/mol. The summed E-state index contributed by atoms with van der Waals surface area (Å²) in [7, 11) is 0. The van der Waals surface area contributed by atoms with Crippen LogP contribution < -0.4 is 14.1 Å². The van der Waals surface area contributed by atoms with Crippen molar-refractivity contribution in [1.82, 2.24) is 0 Å². The topological polar surface area (TPSA) is 0 Å². The van der Waals surface area contributed by atoms with E-state index in [0.717, 1.165) is 0 Å². The van der Waals surface area contributed by atoms with E-state index in [2.05, 4.69) is 13.2 Å². The van der Waals surface area contributed by atoms with Crippen LogP contribution in [0.15, 0.2) is 13.2 Å². The van der Waals surface area contributed by atoms with E-state index in [1.54, 1.807) is 0 Å². The zero-order valence-electron chi connectivity index (χ0n) is 3.13. The van der Waals surface area contributed by atoms with Gasteiger partial charge in [-0.1, -0.05) is 0 Å². The zero-order valence-corrected chi connectivity index (χ0v) is 3.13. The molecule has 0 spiro atoms. The van der Waals surface area contributed by atoms with Crippen LogP contribution in [0.1, 0.15) is 0 Å². The van der Waals surface area contributed by atoms with Crippen molar-refractivity contribution in [2.45, 2.75) is 0 Å². The molecule has 0 aliphatic heterocycles. The molecule has 6 heavy (non-hydrogen) atoms. The molecule has 0 nitrogen and oxygen atoms in total. The molecule has 0 aliphatic rings. The van der Waals surface area contributed by atoms with E-state index in [4.69, 9.17) is 0 Å². The van der Waals surface area contributed by atoms with Gasteiger partial charge in [0.25, 0.3) is 0 Å². The summed E-state index contributed by atoms with van der Waals surface area (Å²) >= 11 is 0. The van der Waals surface area contributed by atoms with Gasteiger partial charge >= 0.3 is 8.41 Å². The van der Waals surface area contributed by atoms with Gasteiger partial charge in [0.05, 0.1) is 0 Å². The van der Waals surface area contributed by atoms with E-state index >= 15 is 0 Å². The second kappa shape index (κ2) is 362. The first-order valence-electron chi connectivity index (χ1n) is 0.500. The molecule has 0 heterocycles. The molecule has 0 radical (unpaired) electrons. The number of halogens is 3. The molecule has 0 rings (SSSR count). The molecule has 0 saturated carbocycles. The third kappa shape index (κ3) is 148. The van der Waals surface area contributed by atoms with Gasteiger partial charge in [-0.2, -0.15) is 0 Å². The Labute approximate surface area is 36.9 Å². The van der Waals surface area contributed by atoms with Gasteiger partial charge in [-0.15, -0.1) is 13.2 Å². The standard InChI is InChI=1S/C2H4.B.3FH/c1-2;;;;/h1-2H2;;3*1H/q;+3;;;/p-3. The molecule has 0 amide bonds. The van der Waals surface area contributed by atoms with Crippen LogP contribution in [-0.4, -0.2) is 8.41 Å². The number of hydrogen-bond donors (Lipinski definition) is 0. The van der Waals surface area contributed by atoms with Gasteiger partial charge in [0.1, 0.15) is 0 Å². The average Bonchev–Trinajstić information content (AvgIpc) is 1.00. The van der Waals surface area contributed by atoms with Crippen molar-refractivity contribution in [3.63, 3.8) is 0 Å². The molecule has 0 atom stereocenters. The molecule has 0 N–H and O–H groups in total. The average molecular weight is 95.9 g/mol. The molecule has 0 aromatic carbocycles. The maximum atomic E-state index is 3.00. The summed E-state index contributed by atoms with van der Waals surface area (Å²) in [5, 5.41) is 0. The third-order valence-electron chi connectivity index (χ3n) is 0. The van der Waals surface area contributed by atoms with Crippen LogP contribution in [0, 0.1) is 0 Å². The van der Waals surface area contributed by atoms with Crippen molar-refractivity contribution in [3.8, 4) is 0 Å². The Balaban J connectivity index is -0.000000000833. The third-order valence-corrected chi connectivity index (χ3v) is 0. The van der Waals surface area contributed by atoms with E-state index in [9.17, 15) is 0 Å². The van der Waals surface area contributed by atoms with Gasteiger partial charge in [-0.3, -0.25) is 0 Å². The number of hydrogen-bond acceptors (Lipinski definition) is 0. The largest absolute Gasteiger partial charge is 3.00 e. The van der Waals surface area contributed by atoms with Gasteiger partial charge in [-0.25, -0.2) is 0 Å². The summed E-state index contributed by atoms with van der Waals surface area (Å²) in [5.74, 6) is 0. The molecular formula is C2H4BF3. The molecule has 0 fully saturated rings. The molecule has 0 aromatic rings. The van der Waals surface area contributed by atoms with Crippen molar-refractivity contribution < 1.29 is 14.1 Å². The summed E-state index contributed by atoms with van der Waals surface area (Å²) in [4.78, 5) is 0. The van der Waals surface area contributed by atoms with E-state index in [1.807, 2.05) is 0 Å². The summed E-state index contributed by atoms with van der Waals surface area (Å²) in [6, 6.07) is 0. The quantitative estimate of drug-likeness (QED) is 0.207. The van der Waals surface area contributed by atoms with Crippen molar-refractivity contribution >= 4 is 8.41 Å². The van der Waals surface area contributed by atoms with Crippen LogP contribution in [0.2, 0.25) is 0 Å². The van der Waals surface area contributed by atoms with Crippen LogP contribution >= 0.6 is 0 Å². The SMILES string of the molecule is C=C.[B+3].[F-].[F-].[F-]. The van der Waals surface area contributed by atoms with Gasteiger partial charge < -0.3 is 14.1 Å². The second-order valence-corrected chi connectivity index (χ2v) is 0. The summed E-state index contributed by atoms with van der Waals surface area (Å²) < 4.78 is 0. The van der Waals surface area contributed by atoms with Gasteiger partial charge in [0.15, 0.2) is 0 Å². The monoisotopic (exact) mass is 96.0 g/mol. The Morgan fingerprint density at radius 1 is 0.667 bits per heavy atom. The Hall–Kier alpha value is -0.405. The smallest absolute Gasteiger partial charge is 1.00 e.